The Morgan fingerprint density at radius 1 is 0.919 bits per heavy atom. The predicted molar refractivity (Wildman–Crippen MR) is 147 cm³/mol. The molecule has 0 fully saturated rings. The molecule has 0 radical (unpaired) electrons. The molecule has 0 saturated heterocycles. The van der Waals surface area contributed by atoms with Crippen molar-refractivity contribution in [2.75, 3.05) is 17.4 Å². The number of nitrogens with zero attached hydrogens (tertiary/aromatic N) is 2. The summed E-state index contributed by atoms with van der Waals surface area (Å²) in [5.41, 5.74) is 1.03. The van der Waals surface area contributed by atoms with Crippen LogP contribution in [0.2, 0.25) is 10.0 Å². The largest absolute Gasteiger partial charge is 0.354 e. The number of carbonyl (C=O) groups is 2. The number of anilines is 1. The normalized spacial score (nSPS) is 12.0. The summed E-state index contributed by atoms with van der Waals surface area (Å²) < 4.78 is 28.4. The van der Waals surface area contributed by atoms with Crippen LogP contribution in [-0.4, -0.2) is 44.3 Å². The van der Waals surface area contributed by atoms with Crippen molar-refractivity contribution in [3.05, 3.63) is 94.5 Å². The molecule has 0 aliphatic carbocycles. The zero-order chi connectivity index (χ0) is 27.0. The second-order valence-corrected chi connectivity index (χ2v) is 11.2. The van der Waals surface area contributed by atoms with Crippen molar-refractivity contribution in [2.45, 2.75) is 37.8 Å². The van der Waals surface area contributed by atoms with Crippen LogP contribution < -0.4 is 9.62 Å². The molecule has 37 heavy (non-hydrogen) atoms. The van der Waals surface area contributed by atoms with Gasteiger partial charge in [-0.15, -0.1) is 0 Å². The monoisotopic (exact) mass is 561 g/mol. The van der Waals surface area contributed by atoms with Gasteiger partial charge >= 0.3 is 0 Å². The Morgan fingerprint density at radius 3 is 2.22 bits per heavy atom. The van der Waals surface area contributed by atoms with Crippen molar-refractivity contribution >= 4 is 50.7 Å². The number of hydrogen-bond acceptors (Lipinski definition) is 4. The molecule has 10 heteroatoms. The van der Waals surface area contributed by atoms with Crippen LogP contribution in [0.25, 0.3) is 0 Å². The van der Waals surface area contributed by atoms with E-state index in [9.17, 15) is 18.0 Å². The van der Waals surface area contributed by atoms with Gasteiger partial charge in [0.05, 0.1) is 10.6 Å². The summed E-state index contributed by atoms with van der Waals surface area (Å²) in [6.45, 7) is 3.62. The van der Waals surface area contributed by atoms with Crippen molar-refractivity contribution in [1.29, 1.82) is 0 Å². The smallest absolute Gasteiger partial charge is 0.264 e. The first-order chi connectivity index (χ1) is 17.6. The number of carbonyl (C=O) groups excluding carboxylic acids is 2. The summed E-state index contributed by atoms with van der Waals surface area (Å²) in [6, 6.07) is 20.3. The molecule has 0 saturated carbocycles. The van der Waals surface area contributed by atoms with E-state index in [4.69, 9.17) is 23.2 Å². The second-order valence-electron chi connectivity index (χ2n) is 8.42. The predicted octanol–water partition coefficient (Wildman–Crippen LogP) is 5.13. The van der Waals surface area contributed by atoms with Gasteiger partial charge in [0.25, 0.3) is 10.0 Å². The maximum absolute atomic E-state index is 13.8. The Balaban J connectivity index is 2.00. The lowest BCUT2D eigenvalue weighted by Crippen LogP contribution is -2.51. The van der Waals surface area contributed by atoms with E-state index < -0.39 is 28.5 Å². The molecule has 0 unspecified atom stereocenters. The summed E-state index contributed by atoms with van der Waals surface area (Å²) in [6.07, 6.45) is 0.743. The van der Waals surface area contributed by atoms with E-state index in [-0.39, 0.29) is 23.0 Å². The van der Waals surface area contributed by atoms with Crippen LogP contribution in [0.4, 0.5) is 5.69 Å². The average molecular weight is 563 g/mol. The van der Waals surface area contributed by atoms with Gasteiger partial charge < -0.3 is 10.2 Å². The first kappa shape index (κ1) is 28.5. The summed E-state index contributed by atoms with van der Waals surface area (Å²) in [4.78, 5) is 27.9. The molecule has 0 heterocycles. The lowest BCUT2D eigenvalue weighted by atomic mass is 10.1. The molecule has 0 aliphatic heterocycles. The first-order valence-corrected chi connectivity index (χ1v) is 14.0. The van der Waals surface area contributed by atoms with Crippen LogP contribution in [0.1, 0.15) is 25.8 Å². The third kappa shape index (κ3) is 7.47. The van der Waals surface area contributed by atoms with Crippen molar-refractivity contribution in [1.82, 2.24) is 10.2 Å². The van der Waals surface area contributed by atoms with E-state index in [2.05, 4.69) is 5.32 Å². The Kier molecular flexibility index (Phi) is 9.97. The molecule has 1 N–H and O–H groups in total. The number of sulfonamides is 1. The van der Waals surface area contributed by atoms with Gasteiger partial charge in [0.1, 0.15) is 12.6 Å². The molecule has 0 aliphatic rings. The van der Waals surface area contributed by atoms with Gasteiger partial charge in [0, 0.05) is 23.1 Å². The first-order valence-electron chi connectivity index (χ1n) is 11.8. The van der Waals surface area contributed by atoms with Gasteiger partial charge in [-0.2, -0.15) is 0 Å². The highest BCUT2D eigenvalue weighted by molar-refractivity contribution is 7.92. The van der Waals surface area contributed by atoms with Crippen LogP contribution in [-0.2, 0) is 26.2 Å². The Labute approximate surface area is 228 Å². The highest BCUT2D eigenvalue weighted by atomic mass is 35.5. The van der Waals surface area contributed by atoms with E-state index in [1.165, 1.54) is 35.2 Å². The van der Waals surface area contributed by atoms with Gasteiger partial charge in [-0.1, -0.05) is 66.5 Å². The number of nitrogens with one attached hydrogen (secondary N) is 1. The van der Waals surface area contributed by atoms with Crippen LogP contribution in [0.3, 0.4) is 0 Å². The minimum atomic E-state index is -4.18. The summed E-state index contributed by atoms with van der Waals surface area (Å²) in [5.74, 6) is -0.860. The van der Waals surface area contributed by atoms with Crippen molar-refractivity contribution in [3.8, 4) is 0 Å². The summed E-state index contributed by atoms with van der Waals surface area (Å²) in [7, 11) is -4.18. The van der Waals surface area contributed by atoms with Gasteiger partial charge in [0.15, 0.2) is 0 Å². The maximum atomic E-state index is 13.8. The topological polar surface area (TPSA) is 86.8 Å². The zero-order valence-corrected chi connectivity index (χ0v) is 22.9. The average Bonchev–Trinajstić information content (AvgIpc) is 2.89. The molecular weight excluding hydrogens is 533 g/mol. The highest BCUT2D eigenvalue weighted by Crippen LogP contribution is 2.27. The maximum Gasteiger partial charge on any atom is 0.264 e. The SMILES string of the molecule is CCCNC(=O)[C@@H](C)N(Cc1ccccc1)C(=O)CN(c1cccc(Cl)c1)S(=O)(=O)c1ccc(Cl)cc1. The molecule has 3 aromatic rings. The molecule has 3 aromatic carbocycles. The summed E-state index contributed by atoms with van der Waals surface area (Å²) >= 11 is 12.1. The fourth-order valence-electron chi connectivity index (χ4n) is 3.65. The molecular formula is C27H29Cl2N3O4S. The quantitative estimate of drug-likeness (QED) is 0.351. The van der Waals surface area contributed by atoms with E-state index >= 15 is 0 Å². The van der Waals surface area contributed by atoms with E-state index in [1.807, 2.05) is 37.3 Å². The number of hydrogen-bond donors (Lipinski definition) is 1. The van der Waals surface area contributed by atoms with Crippen molar-refractivity contribution < 1.29 is 18.0 Å². The number of amides is 2. The molecule has 0 aromatic heterocycles. The van der Waals surface area contributed by atoms with E-state index in [1.54, 1.807) is 25.1 Å². The Hall–Kier alpha value is -3.07. The fraction of sp³-hybridized carbons (Fsp3) is 0.259. The van der Waals surface area contributed by atoms with Gasteiger partial charge in [0.2, 0.25) is 11.8 Å². The van der Waals surface area contributed by atoms with Crippen LogP contribution in [0.5, 0.6) is 0 Å². The molecule has 1 atom stereocenters. The standard InChI is InChI=1S/C27H29Cl2N3O4S/c1-3-16-30-27(34)20(2)31(18-21-8-5-4-6-9-21)26(33)19-32(24-11-7-10-23(29)17-24)37(35,36)25-14-12-22(28)13-15-25/h4-15,17,20H,3,16,18-19H2,1-2H3,(H,30,34)/t20-/m1/s1. The lowest BCUT2D eigenvalue weighted by molar-refractivity contribution is -0.139. The molecule has 2 amide bonds. The van der Waals surface area contributed by atoms with E-state index in [0.717, 1.165) is 16.3 Å². The number of halogens is 2. The molecule has 0 bridgehead atoms. The second kappa shape index (κ2) is 12.9. The third-order valence-corrected chi connectivity index (χ3v) is 7.96. The lowest BCUT2D eigenvalue weighted by Gasteiger charge is -2.32. The fourth-order valence-corrected chi connectivity index (χ4v) is 5.37. The number of rotatable bonds is 11. The zero-order valence-electron chi connectivity index (χ0n) is 20.6. The van der Waals surface area contributed by atoms with Gasteiger partial charge in [-0.25, -0.2) is 8.42 Å². The van der Waals surface area contributed by atoms with Crippen LogP contribution >= 0.6 is 23.2 Å². The van der Waals surface area contributed by atoms with Crippen LogP contribution in [0.15, 0.2) is 83.8 Å². The third-order valence-electron chi connectivity index (χ3n) is 5.69. The molecule has 3 rings (SSSR count). The van der Waals surface area contributed by atoms with Gasteiger partial charge in [-0.3, -0.25) is 13.9 Å². The van der Waals surface area contributed by atoms with Crippen molar-refractivity contribution in [2.24, 2.45) is 0 Å². The van der Waals surface area contributed by atoms with Crippen LogP contribution in [0, 0.1) is 0 Å². The Bertz CT molecular complexity index is 1320. The summed E-state index contributed by atoms with van der Waals surface area (Å²) in [5, 5.41) is 3.51. The minimum absolute atomic E-state index is 0.0342. The van der Waals surface area contributed by atoms with Gasteiger partial charge in [-0.05, 0) is 61.4 Å². The molecule has 7 nitrogen and oxygen atoms in total. The van der Waals surface area contributed by atoms with Crippen molar-refractivity contribution in [3.63, 3.8) is 0 Å². The van der Waals surface area contributed by atoms with E-state index in [0.29, 0.717) is 16.6 Å². The minimum Gasteiger partial charge on any atom is -0.354 e. The highest BCUT2D eigenvalue weighted by Gasteiger charge is 2.32. The molecule has 196 valence electrons. The number of benzene rings is 3. The Morgan fingerprint density at radius 2 is 1.59 bits per heavy atom. The molecule has 0 spiro atoms.